The Morgan fingerprint density at radius 1 is 0.933 bits per heavy atom. The van der Waals surface area contributed by atoms with Gasteiger partial charge in [-0.3, -0.25) is 4.90 Å². The Hall–Kier alpha value is -2.17. The zero-order valence-corrected chi connectivity index (χ0v) is 19.3. The maximum absolute atomic E-state index is 6.37. The van der Waals surface area contributed by atoms with Crippen molar-refractivity contribution in [2.75, 3.05) is 13.1 Å². The number of hydrogen-bond acceptors (Lipinski definition) is 4. The molecule has 0 aliphatic rings. The van der Waals surface area contributed by atoms with E-state index in [-0.39, 0.29) is 6.23 Å². The van der Waals surface area contributed by atoms with Gasteiger partial charge in [-0.2, -0.15) is 0 Å². The zero-order chi connectivity index (χ0) is 21.2. The molecule has 2 aromatic carbocycles. The molecule has 0 amide bonds. The van der Waals surface area contributed by atoms with Crippen molar-refractivity contribution >= 4 is 33.7 Å². The molecule has 0 saturated heterocycles. The van der Waals surface area contributed by atoms with Crippen molar-refractivity contribution in [3.8, 4) is 5.75 Å². The summed E-state index contributed by atoms with van der Waals surface area (Å²) in [4.78, 5) is 7.17. The standard InChI is InChI=1S/C26H34N2OS/c1-4-7-19-28(20-8-5-2)26(6-3)29-22-16-13-21(14-17-22)15-18-25-27-23-11-9-10-12-24(23)30-25/h9-18,26H,4-8,19-20H2,1-3H3/b18-15+. The highest BCUT2D eigenvalue weighted by atomic mass is 32.1. The summed E-state index contributed by atoms with van der Waals surface area (Å²) in [5, 5.41) is 1.03. The third-order valence-electron chi connectivity index (χ3n) is 5.24. The Balaban J connectivity index is 1.63. The number of fused-ring (bicyclic) bond motifs is 1. The van der Waals surface area contributed by atoms with Gasteiger partial charge in [0, 0.05) is 13.1 Å². The number of rotatable bonds is 12. The third-order valence-corrected chi connectivity index (χ3v) is 6.24. The third kappa shape index (κ3) is 6.41. The first-order valence-corrected chi connectivity index (χ1v) is 12.1. The van der Waals surface area contributed by atoms with E-state index in [2.05, 4.69) is 85.3 Å². The van der Waals surface area contributed by atoms with Crippen molar-refractivity contribution in [1.29, 1.82) is 0 Å². The lowest BCUT2D eigenvalue weighted by atomic mass is 10.2. The molecule has 1 heterocycles. The smallest absolute Gasteiger partial charge is 0.152 e. The van der Waals surface area contributed by atoms with Gasteiger partial charge >= 0.3 is 0 Å². The van der Waals surface area contributed by atoms with Gasteiger partial charge in [0.25, 0.3) is 0 Å². The summed E-state index contributed by atoms with van der Waals surface area (Å²) < 4.78 is 7.59. The largest absolute Gasteiger partial charge is 0.475 e. The number of unbranched alkanes of at least 4 members (excludes halogenated alkanes) is 2. The van der Waals surface area contributed by atoms with Crippen molar-refractivity contribution in [3.05, 3.63) is 59.1 Å². The first kappa shape index (κ1) is 22.5. The monoisotopic (exact) mass is 422 g/mol. The van der Waals surface area contributed by atoms with Gasteiger partial charge in [0.05, 0.1) is 10.2 Å². The lowest BCUT2D eigenvalue weighted by molar-refractivity contribution is 0.0202. The maximum atomic E-state index is 6.37. The van der Waals surface area contributed by atoms with Crippen molar-refractivity contribution in [1.82, 2.24) is 9.88 Å². The molecule has 0 saturated carbocycles. The van der Waals surface area contributed by atoms with E-state index in [0.717, 1.165) is 41.3 Å². The van der Waals surface area contributed by atoms with Crippen LogP contribution in [-0.4, -0.2) is 29.2 Å². The number of nitrogens with zero attached hydrogens (tertiary/aromatic N) is 2. The minimum absolute atomic E-state index is 0.146. The number of thiazole rings is 1. The fourth-order valence-corrected chi connectivity index (χ4v) is 4.35. The Kier molecular flexibility index (Phi) is 8.91. The van der Waals surface area contributed by atoms with Crippen LogP contribution >= 0.6 is 11.3 Å². The van der Waals surface area contributed by atoms with Crippen LogP contribution in [0.15, 0.2) is 48.5 Å². The van der Waals surface area contributed by atoms with Gasteiger partial charge in [-0.05, 0) is 55.2 Å². The fourth-order valence-electron chi connectivity index (χ4n) is 3.48. The molecule has 160 valence electrons. The molecule has 0 bridgehead atoms. The average molecular weight is 423 g/mol. The molecule has 1 atom stereocenters. The van der Waals surface area contributed by atoms with Crippen LogP contribution < -0.4 is 4.74 Å². The second-order valence-corrected chi connectivity index (χ2v) is 8.71. The van der Waals surface area contributed by atoms with Gasteiger partial charge in [0.2, 0.25) is 0 Å². The molecule has 0 radical (unpaired) electrons. The first-order valence-electron chi connectivity index (χ1n) is 11.3. The highest BCUT2D eigenvalue weighted by molar-refractivity contribution is 7.19. The number of hydrogen-bond donors (Lipinski definition) is 0. The Labute approximate surface area is 185 Å². The Morgan fingerprint density at radius 3 is 2.27 bits per heavy atom. The molecule has 0 N–H and O–H groups in total. The number of aromatic nitrogens is 1. The van der Waals surface area contributed by atoms with Crippen LogP contribution in [0, 0.1) is 0 Å². The minimum Gasteiger partial charge on any atom is -0.475 e. The predicted molar refractivity (Wildman–Crippen MR) is 131 cm³/mol. The topological polar surface area (TPSA) is 25.4 Å². The lowest BCUT2D eigenvalue weighted by Crippen LogP contribution is -2.40. The Bertz CT molecular complexity index is 875. The van der Waals surface area contributed by atoms with Gasteiger partial charge in [-0.25, -0.2) is 4.98 Å². The summed E-state index contributed by atoms with van der Waals surface area (Å²) in [6.07, 6.45) is 10.2. The van der Waals surface area contributed by atoms with Crippen LogP contribution in [-0.2, 0) is 0 Å². The highest BCUT2D eigenvalue weighted by Crippen LogP contribution is 2.24. The minimum atomic E-state index is 0.146. The summed E-state index contributed by atoms with van der Waals surface area (Å²) in [6, 6.07) is 16.7. The summed E-state index contributed by atoms with van der Waals surface area (Å²) >= 11 is 1.72. The molecular weight excluding hydrogens is 388 g/mol. The summed E-state index contributed by atoms with van der Waals surface area (Å²) in [5.41, 5.74) is 2.22. The summed E-state index contributed by atoms with van der Waals surface area (Å²) in [6.45, 7) is 8.93. The molecule has 4 heteroatoms. The van der Waals surface area contributed by atoms with Crippen LogP contribution in [0.1, 0.15) is 63.4 Å². The summed E-state index contributed by atoms with van der Waals surface area (Å²) in [7, 11) is 0. The molecule has 0 aliphatic carbocycles. The van der Waals surface area contributed by atoms with E-state index < -0.39 is 0 Å². The molecule has 0 spiro atoms. The van der Waals surface area contributed by atoms with Gasteiger partial charge < -0.3 is 4.74 Å². The average Bonchev–Trinajstić information content (AvgIpc) is 3.20. The molecule has 0 fully saturated rings. The van der Waals surface area contributed by atoms with Crippen LogP contribution in [0.5, 0.6) is 5.75 Å². The van der Waals surface area contributed by atoms with Gasteiger partial charge in [-0.15, -0.1) is 11.3 Å². The molecule has 3 rings (SSSR count). The van der Waals surface area contributed by atoms with Crippen molar-refractivity contribution in [3.63, 3.8) is 0 Å². The SMILES string of the molecule is CCCCN(CCCC)C(CC)Oc1ccc(/C=C/c2nc3ccccc3s2)cc1. The fraction of sp³-hybridized carbons (Fsp3) is 0.423. The van der Waals surface area contributed by atoms with E-state index >= 15 is 0 Å². The maximum Gasteiger partial charge on any atom is 0.152 e. The molecule has 3 nitrogen and oxygen atoms in total. The van der Waals surface area contributed by atoms with Crippen LogP contribution in [0.3, 0.4) is 0 Å². The Morgan fingerprint density at radius 2 is 1.63 bits per heavy atom. The highest BCUT2D eigenvalue weighted by Gasteiger charge is 2.17. The normalized spacial score (nSPS) is 12.8. The zero-order valence-electron chi connectivity index (χ0n) is 18.5. The molecule has 1 unspecified atom stereocenters. The van der Waals surface area contributed by atoms with E-state index in [1.165, 1.54) is 30.4 Å². The number of benzene rings is 2. The van der Waals surface area contributed by atoms with E-state index in [1.807, 2.05) is 6.07 Å². The number of ether oxygens (including phenoxy) is 1. The molecule has 3 aromatic rings. The second kappa shape index (κ2) is 11.9. The quantitative estimate of drug-likeness (QED) is 0.283. The van der Waals surface area contributed by atoms with E-state index in [0.29, 0.717) is 0 Å². The summed E-state index contributed by atoms with van der Waals surface area (Å²) in [5.74, 6) is 0.942. The first-order chi connectivity index (χ1) is 14.7. The van der Waals surface area contributed by atoms with E-state index in [4.69, 9.17) is 4.74 Å². The molecule has 30 heavy (non-hydrogen) atoms. The van der Waals surface area contributed by atoms with Crippen molar-refractivity contribution in [2.45, 2.75) is 59.1 Å². The van der Waals surface area contributed by atoms with Gasteiger partial charge in [0.15, 0.2) is 6.23 Å². The number of para-hydroxylation sites is 1. The lowest BCUT2D eigenvalue weighted by Gasteiger charge is -2.31. The van der Waals surface area contributed by atoms with E-state index in [9.17, 15) is 0 Å². The predicted octanol–water partition coefficient (Wildman–Crippen LogP) is 7.48. The van der Waals surface area contributed by atoms with Gasteiger partial charge in [0.1, 0.15) is 10.8 Å². The molecule has 0 aliphatic heterocycles. The van der Waals surface area contributed by atoms with Crippen LogP contribution in [0.4, 0.5) is 0 Å². The van der Waals surface area contributed by atoms with Crippen LogP contribution in [0.25, 0.3) is 22.4 Å². The van der Waals surface area contributed by atoms with Crippen LogP contribution in [0.2, 0.25) is 0 Å². The molecule has 1 aromatic heterocycles. The van der Waals surface area contributed by atoms with Crippen molar-refractivity contribution in [2.24, 2.45) is 0 Å². The molecular formula is C26H34N2OS. The second-order valence-electron chi connectivity index (χ2n) is 7.65. The van der Waals surface area contributed by atoms with E-state index in [1.54, 1.807) is 11.3 Å². The van der Waals surface area contributed by atoms with Gasteiger partial charge in [-0.1, -0.05) is 64.0 Å². The van der Waals surface area contributed by atoms with Crippen molar-refractivity contribution < 1.29 is 4.74 Å².